The fraction of sp³-hybridized carbons (Fsp3) is 0.625. The number of nitrogens with zero attached hydrogens (tertiary/aromatic N) is 1. The van der Waals surface area contributed by atoms with Crippen LogP contribution >= 0.6 is 0 Å². The van der Waals surface area contributed by atoms with Crippen molar-refractivity contribution in [3.63, 3.8) is 0 Å². The summed E-state index contributed by atoms with van der Waals surface area (Å²) >= 11 is 0. The van der Waals surface area contributed by atoms with Gasteiger partial charge in [-0.15, -0.1) is 0 Å². The van der Waals surface area contributed by atoms with Crippen LogP contribution in [-0.4, -0.2) is 30.6 Å². The van der Waals surface area contributed by atoms with E-state index in [0.29, 0.717) is 6.04 Å². The fourth-order valence-corrected chi connectivity index (χ4v) is 2.89. The minimum Gasteiger partial charge on any atom is -0.314 e. The van der Waals surface area contributed by atoms with Gasteiger partial charge in [-0.1, -0.05) is 43.7 Å². The van der Waals surface area contributed by atoms with Gasteiger partial charge in [-0.25, -0.2) is 0 Å². The van der Waals surface area contributed by atoms with Gasteiger partial charge in [-0.05, 0) is 37.9 Å². The van der Waals surface area contributed by atoms with Crippen molar-refractivity contribution in [1.82, 2.24) is 10.2 Å². The lowest BCUT2D eigenvalue weighted by Gasteiger charge is -2.37. The molecule has 2 nitrogen and oxygen atoms in total. The van der Waals surface area contributed by atoms with Crippen LogP contribution in [0.3, 0.4) is 0 Å². The Morgan fingerprint density at radius 2 is 2.00 bits per heavy atom. The van der Waals surface area contributed by atoms with E-state index in [4.69, 9.17) is 0 Å². The Morgan fingerprint density at radius 1 is 1.28 bits per heavy atom. The van der Waals surface area contributed by atoms with E-state index in [-0.39, 0.29) is 0 Å². The Morgan fingerprint density at radius 3 is 2.61 bits per heavy atom. The van der Waals surface area contributed by atoms with Gasteiger partial charge in [0.1, 0.15) is 0 Å². The van der Waals surface area contributed by atoms with Crippen molar-refractivity contribution in [3.8, 4) is 0 Å². The van der Waals surface area contributed by atoms with Crippen molar-refractivity contribution >= 4 is 0 Å². The molecule has 2 heteroatoms. The first-order chi connectivity index (χ1) is 8.69. The second kappa shape index (κ2) is 6.35. The van der Waals surface area contributed by atoms with E-state index in [0.717, 1.165) is 19.0 Å². The molecule has 0 bridgehead atoms. The second-order valence-corrected chi connectivity index (χ2v) is 5.65. The highest BCUT2D eigenvalue weighted by Crippen LogP contribution is 2.19. The highest BCUT2D eigenvalue weighted by molar-refractivity contribution is 5.21. The van der Waals surface area contributed by atoms with E-state index in [2.05, 4.69) is 55.3 Å². The molecule has 1 aromatic rings. The maximum atomic E-state index is 3.60. The van der Waals surface area contributed by atoms with Gasteiger partial charge in [-0.2, -0.15) is 0 Å². The molecule has 1 aliphatic heterocycles. The number of hydrogen-bond donors (Lipinski definition) is 1. The molecular weight excluding hydrogens is 220 g/mol. The quantitative estimate of drug-likeness (QED) is 0.879. The van der Waals surface area contributed by atoms with Gasteiger partial charge in [-0.3, -0.25) is 4.90 Å². The van der Waals surface area contributed by atoms with Gasteiger partial charge in [0.2, 0.25) is 0 Å². The SMILES string of the molecule is CCNC1CCN(Cc2ccc(C)cc2)CC1C. The van der Waals surface area contributed by atoms with Crippen molar-refractivity contribution in [2.75, 3.05) is 19.6 Å². The second-order valence-electron chi connectivity index (χ2n) is 5.65. The average Bonchev–Trinajstić information content (AvgIpc) is 2.36. The minimum atomic E-state index is 0.712. The topological polar surface area (TPSA) is 15.3 Å². The molecule has 1 saturated heterocycles. The fourth-order valence-electron chi connectivity index (χ4n) is 2.89. The van der Waals surface area contributed by atoms with Crippen LogP contribution in [0.15, 0.2) is 24.3 Å². The molecule has 0 amide bonds. The Balaban J connectivity index is 1.87. The summed E-state index contributed by atoms with van der Waals surface area (Å²) in [4.78, 5) is 2.59. The molecule has 1 N–H and O–H groups in total. The zero-order valence-electron chi connectivity index (χ0n) is 11.9. The molecule has 2 rings (SSSR count). The summed E-state index contributed by atoms with van der Waals surface area (Å²) in [6, 6.07) is 9.66. The monoisotopic (exact) mass is 246 g/mol. The molecule has 1 fully saturated rings. The van der Waals surface area contributed by atoms with Crippen LogP contribution in [0.5, 0.6) is 0 Å². The van der Waals surface area contributed by atoms with Gasteiger partial charge in [0.05, 0.1) is 0 Å². The smallest absolute Gasteiger partial charge is 0.0233 e. The van der Waals surface area contributed by atoms with Crippen LogP contribution in [0.4, 0.5) is 0 Å². The zero-order chi connectivity index (χ0) is 13.0. The molecule has 0 radical (unpaired) electrons. The van der Waals surface area contributed by atoms with Gasteiger partial charge < -0.3 is 5.32 Å². The summed E-state index contributed by atoms with van der Waals surface area (Å²) in [5.41, 5.74) is 2.78. The normalized spacial score (nSPS) is 25.3. The number of hydrogen-bond acceptors (Lipinski definition) is 2. The Bertz CT molecular complexity index is 358. The first-order valence-electron chi connectivity index (χ1n) is 7.20. The van der Waals surface area contributed by atoms with E-state index in [1.54, 1.807) is 0 Å². The molecule has 0 aromatic heterocycles. The number of nitrogens with one attached hydrogen (secondary N) is 1. The predicted octanol–water partition coefficient (Wildman–Crippen LogP) is 2.81. The molecule has 1 heterocycles. The summed E-state index contributed by atoms with van der Waals surface area (Å²) in [6.45, 7) is 11.3. The highest BCUT2D eigenvalue weighted by atomic mass is 15.1. The van der Waals surface area contributed by atoms with Crippen molar-refractivity contribution in [1.29, 1.82) is 0 Å². The Hall–Kier alpha value is -0.860. The van der Waals surface area contributed by atoms with Crippen LogP contribution < -0.4 is 5.32 Å². The standard InChI is InChI=1S/C16H26N2/c1-4-17-16-9-10-18(11-14(16)3)12-15-7-5-13(2)6-8-15/h5-8,14,16-17H,4,9-12H2,1-3H3. The van der Waals surface area contributed by atoms with Crippen molar-refractivity contribution in [2.24, 2.45) is 5.92 Å². The largest absolute Gasteiger partial charge is 0.314 e. The van der Waals surface area contributed by atoms with Gasteiger partial charge in [0.15, 0.2) is 0 Å². The van der Waals surface area contributed by atoms with Crippen molar-refractivity contribution < 1.29 is 0 Å². The van der Waals surface area contributed by atoms with E-state index in [1.807, 2.05) is 0 Å². The average molecular weight is 246 g/mol. The molecule has 0 spiro atoms. The lowest BCUT2D eigenvalue weighted by molar-refractivity contribution is 0.142. The van der Waals surface area contributed by atoms with Gasteiger partial charge in [0, 0.05) is 19.1 Å². The maximum absolute atomic E-state index is 3.60. The molecule has 100 valence electrons. The summed E-state index contributed by atoms with van der Waals surface area (Å²) in [6.07, 6.45) is 1.28. The van der Waals surface area contributed by atoms with E-state index >= 15 is 0 Å². The molecule has 0 aliphatic carbocycles. The molecule has 1 aliphatic rings. The molecular formula is C16H26N2. The summed E-state index contributed by atoms with van der Waals surface area (Å²) in [7, 11) is 0. The number of benzene rings is 1. The predicted molar refractivity (Wildman–Crippen MR) is 77.7 cm³/mol. The summed E-state index contributed by atoms with van der Waals surface area (Å²) in [5, 5.41) is 3.60. The van der Waals surface area contributed by atoms with Gasteiger partial charge in [0.25, 0.3) is 0 Å². The third kappa shape index (κ3) is 3.56. The Kier molecular flexibility index (Phi) is 4.79. The van der Waals surface area contributed by atoms with E-state index in [9.17, 15) is 0 Å². The maximum Gasteiger partial charge on any atom is 0.0233 e. The van der Waals surface area contributed by atoms with Crippen LogP contribution in [0.2, 0.25) is 0 Å². The number of likely N-dealkylation sites (tertiary alicyclic amines) is 1. The lowest BCUT2D eigenvalue weighted by Crippen LogP contribution is -2.47. The molecule has 1 aromatic carbocycles. The molecule has 0 saturated carbocycles. The molecule has 2 unspecified atom stereocenters. The highest BCUT2D eigenvalue weighted by Gasteiger charge is 2.24. The van der Waals surface area contributed by atoms with E-state index < -0.39 is 0 Å². The first kappa shape index (κ1) is 13.6. The van der Waals surface area contributed by atoms with Crippen LogP contribution in [-0.2, 0) is 6.54 Å². The minimum absolute atomic E-state index is 0.712. The number of aryl methyl sites for hydroxylation is 1. The van der Waals surface area contributed by atoms with Crippen LogP contribution in [0.1, 0.15) is 31.4 Å². The number of piperidine rings is 1. The third-order valence-electron chi connectivity index (χ3n) is 3.98. The van der Waals surface area contributed by atoms with E-state index in [1.165, 1.54) is 30.6 Å². The summed E-state index contributed by atoms with van der Waals surface area (Å²) < 4.78 is 0. The Labute approximate surface area is 111 Å². The van der Waals surface area contributed by atoms with Crippen molar-refractivity contribution in [2.45, 2.75) is 39.8 Å². The van der Waals surface area contributed by atoms with Crippen molar-refractivity contribution in [3.05, 3.63) is 35.4 Å². The third-order valence-corrected chi connectivity index (χ3v) is 3.98. The molecule has 2 atom stereocenters. The van der Waals surface area contributed by atoms with Crippen LogP contribution in [0, 0.1) is 12.8 Å². The lowest BCUT2D eigenvalue weighted by atomic mass is 9.93. The summed E-state index contributed by atoms with van der Waals surface area (Å²) in [5.74, 6) is 0.754. The van der Waals surface area contributed by atoms with Gasteiger partial charge >= 0.3 is 0 Å². The van der Waals surface area contributed by atoms with Crippen LogP contribution in [0.25, 0.3) is 0 Å². The number of rotatable bonds is 4. The molecule has 18 heavy (non-hydrogen) atoms. The zero-order valence-corrected chi connectivity index (χ0v) is 11.9. The first-order valence-corrected chi connectivity index (χ1v) is 7.20.